The van der Waals surface area contributed by atoms with Crippen LogP contribution in [-0.2, 0) is 0 Å². The molecule has 88 valence electrons. The van der Waals surface area contributed by atoms with Crippen molar-refractivity contribution >= 4 is 33.2 Å². The summed E-state index contributed by atoms with van der Waals surface area (Å²) >= 11 is 9.37. The molecule has 1 fully saturated rings. The minimum Gasteiger partial charge on any atom is -0.383 e. The third kappa shape index (κ3) is 3.37. The van der Waals surface area contributed by atoms with Crippen molar-refractivity contribution in [3.63, 3.8) is 0 Å². The van der Waals surface area contributed by atoms with E-state index in [1.54, 1.807) is 0 Å². The molecular weight excluding hydrogens is 288 g/mol. The predicted molar refractivity (Wildman–Crippen MR) is 73.3 cm³/mol. The van der Waals surface area contributed by atoms with Crippen LogP contribution in [0.25, 0.3) is 0 Å². The van der Waals surface area contributed by atoms with Gasteiger partial charge in [-0.15, -0.1) is 0 Å². The molecule has 1 atom stereocenters. The molecule has 0 amide bonds. The molecular formula is C12H16BrClN2. The molecule has 0 bridgehead atoms. The van der Waals surface area contributed by atoms with Crippen molar-refractivity contribution < 1.29 is 0 Å². The average Bonchev–Trinajstić information content (AvgIpc) is 2.32. The first kappa shape index (κ1) is 12.2. The van der Waals surface area contributed by atoms with Gasteiger partial charge in [-0.25, -0.2) is 0 Å². The van der Waals surface area contributed by atoms with Crippen LogP contribution in [-0.4, -0.2) is 19.1 Å². The van der Waals surface area contributed by atoms with E-state index in [1.165, 1.54) is 19.3 Å². The highest BCUT2D eigenvalue weighted by Gasteiger charge is 2.11. The maximum absolute atomic E-state index is 5.94. The molecule has 1 aliphatic heterocycles. The lowest BCUT2D eigenvalue weighted by Gasteiger charge is -2.24. The van der Waals surface area contributed by atoms with Crippen molar-refractivity contribution in [1.29, 1.82) is 0 Å². The van der Waals surface area contributed by atoms with Crippen LogP contribution in [0.3, 0.4) is 0 Å². The number of nitrogens with one attached hydrogen (secondary N) is 2. The smallest absolute Gasteiger partial charge is 0.0549 e. The lowest BCUT2D eigenvalue weighted by atomic mass is 10.1. The van der Waals surface area contributed by atoms with Crippen LogP contribution >= 0.6 is 27.5 Å². The van der Waals surface area contributed by atoms with Gasteiger partial charge in [0.2, 0.25) is 0 Å². The minimum absolute atomic E-state index is 0.600. The fourth-order valence-corrected chi connectivity index (χ4v) is 2.44. The van der Waals surface area contributed by atoms with Gasteiger partial charge in [-0.2, -0.15) is 0 Å². The van der Waals surface area contributed by atoms with E-state index >= 15 is 0 Å². The molecule has 1 heterocycles. The summed E-state index contributed by atoms with van der Waals surface area (Å²) in [5.74, 6) is 0. The second-order valence-corrected chi connectivity index (χ2v) is 5.42. The molecule has 0 aromatic heterocycles. The molecule has 2 nitrogen and oxygen atoms in total. The van der Waals surface area contributed by atoms with Crippen molar-refractivity contribution in [2.45, 2.75) is 25.3 Å². The normalized spacial score (nSPS) is 20.8. The van der Waals surface area contributed by atoms with Gasteiger partial charge in [-0.1, -0.05) is 18.0 Å². The predicted octanol–water partition coefficient (Wildman–Crippen LogP) is 3.66. The third-order valence-electron chi connectivity index (χ3n) is 2.88. The van der Waals surface area contributed by atoms with Gasteiger partial charge in [0.05, 0.1) is 5.02 Å². The number of hydrogen-bond acceptors (Lipinski definition) is 2. The Morgan fingerprint density at radius 1 is 1.44 bits per heavy atom. The van der Waals surface area contributed by atoms with E-state index < -0.39 is 0 Å². The van der Waals surface area contributed by atoms with E-state index in [9.17, 15) is 0 Å². The van der Waals surface area contributed by atoms with E-state index in [-0.39, 0.29) is 0 Å². The molecule has 1 saturated heterocycles. The summed E-state index contributed by atoms with van der Waals surface area (Å²) < 4.78 is 0.941. The summed E-state index contributed by atoms with van der Waals surface area (Å²) in [6.07, 6.45) is 3.91. The van der Waals surface area contributed by atoms with Gasteiger partial charge in [0.25, 0.3) is 0 Å². The number of hydrogen-bond donors (Lipinski definition) is 2. The van der Waals surface area contributed by atoms with Gasteiger partial charge >= 0.3 is 0 Å². The summed E-state index contributed by atoms with van der Waals surface area (Å²) in [7, 11) is 0. The molecule has 1 aromatic rings. The number of benzene rings is 1. The highest BCUT2D eigenvalue weighted by Crippen LogP contribution is 2.25. The maximum atomic E-state index is 5.94. The average molecular weight is 304 g/mol. The van der Waals surface area contributed by atoms with Crippen molar-refractivity contribution in [2.75, 3.05) is 18.4 Å². The van der Waals surface area contributed by atoms with Gasteiger partial charge in [0.15, 0.2) is 0 Å². The van der Waals surface area contributed by atoms with Crippen LogP contribution in [0.15, 0.2) is 22.7 Å². The van der Waals surface area contributed by atoms with Crippen molar-refractivity contribution in [1.82, 2.24) is 5.32 Å². The molecule has 2 rings (SSSR count). The third-order valence-corrected chi connectivity index (χ3v) is 4.10. The number of rotatable bonds is 3. The zero-order valence-corrected chi connectivity index (χ0v) is 11.4. The monoisotopic (exact) mass is 302 g/mol. The van der Waals surface area contributed by atoms with E-state index in [2.05, 4.69) is 26.6 Å². The Balaban J connectivity index is 1.86. The Morgan fingerprint density at radius 3 is 3.00 bits per heavy atom. The summed E-state index contributed by atoms with van der Waals surface area (Å²) in [4.78, 5) is 0. The minimum atomic E-state index is 0.600. The molecule has 0 radical (unpaired) electrons. The second-order valence-electron chi connectivity index (χ2n) is 4.16. The van der Waals surface area contributed by atoms with E-state index in [0.29, 0.717) is 6.04 Å². The first-order valence-corrected chi connectivity index (χ1v) is 6.85. The fourth-order valence-electron chi connectivity index (χ4n) is 1.95. The molecule has 1 aromatic carbocycles. The van der Waals surface area contributed by atoms with Crippen LogP contribution in [0, 0.1) is 0 Å². The summed E-state index contributed by atoms with van der Waals surface area (Å²) in [6, 6.07) is 6.53. The first-order valence-electron chi connectivity index (χ1n) is 5.68. The molecule has 0 aliphatic carbocycles. The Labute approximate surface area is 110 Å². The molecule has 0 spiro atoms. The van der Waals surface area contributed by atoms with E-state index in [4.69, 9.17) is 11.6 Å². The largest absolute Gasteiger partial charge is 0.383 e. The highest BCUT2D eigenvalue weighted by atomic mass is 79.9. The quantitative estimate of drug-likeness (QED) is 0.890. The molecule has 1 unspecified atom stereocenters. The molecule has 2 N–H and O–H groups in total. The topological polar surface area (TPSA) is 24.1 Å². The van der Waals surface area contributed by atoms with Crippen LogP contribution in [0.2, 0.25) is 5.02 Å². The molecule has 0 saturated carbocycles. The number of halogens is 2. The maximum Gasteiger partial charge on any atom is 0.0549 e. The lowest BCUT2D eigenvalue weighted by molar-refractivity contribution is 0.414. The van der Waals surface area contributed by atoms with Gasteiger partial charge < -0.3 is 10.6 Å². The van der Waals surface area contributed by atoms with Gasteiger partial charge in [-0.05, 0) is 53.5 Å². The van der Waals surface area contributed by atoms with Gasteiger partial charge in [0.1, 0.15) is 0 Å². The Hall–Kier alpha value is -0.250. The lowest BCUT2D eigenvalue weighted by Crippen LogP contribution is -2.39. The fraction of sp³-hybridized carbons (Fsp3) is 0.500. The van der Waals surface area contributed by atoms with Crippen LogP contribution in [0.4, 0.5) is 5.69 Å². The number of piperidine rings is 1. The van der Waals surface area contributed by atoms with Crippen LogP contribution < -0.4 is 10.6 Å². The standard InChI is InChI=1S/C12H16BrClN2/c13-11-7-9(4-5-12(11)14)16-8-10-3-1-2-6-15-10/h4-5,7,10,15-16H,1-3,6,8H2. The Bertz CT molecular complexity index is 351. The molecule has 16 heavy (non-hydrogen) atoms. The highest BCUT2D eigenvalue weighted by molar-refractivity contribution is 9.10. The van der Waals surface area contributed by atoms with Crippen LogP contribution in [0.1, 0.15) is 19.3 Å². The molecule has 4 heteroatoms. The molecule has 1 aliphatic rings. The van der Waals surface area contributed by atoms with Crippen molar-refractivity contribution in [3.8, 4) is 0 Å². The zero-order chi connectivity index (χ0) is 11.4. The summed E-state index contributed by atoms with van der Waals surface area (Å²) in [5.41, 5.74) is 1.11. The van der Waals surface area contributed by atoms with E-state index in [1.807, 2.05) is 18.2 Å². The summed E-state index contributed by atoms with van der Waals surface area (Å²) in [6.45, 7) is 2.13. The van der Waals surface area contributed by atoms with Crippen LogP contribution in [0.5, 0.6) is 0 Å². The zero-order valence-electron chi connectivity index (χ0n) is 9.10. The summed E-state index contributed by atoms with van der Waals surface area (Å²) in [5, 5.41) is 7.70. The van der Waals surface area contributed by atoms with Crippen molar-refractivity contribution in [3.05, 3.63) is 27.7 Å². The van der Waals surface area contributed by atoms with Gasteiger partial charge in [-0.3, -0.25) is 0 Å². The Kier molecular flexibility index (Phi) is 4.50. The van der Waals surface area contributed by atoms with Crippen molar-refractivity contribution in [2.24, 2.45) is 0 Å². The first-order chi connectivity index (χ1) is 7.75. The SMILES string of the molecule is Clc1ccc(NCC2CCCCN2)cc1Br. The van der Waals surface area contributed by atoms with E-state index in [0.717, 1.165) is 28.3 Å². The Morgan fingerprint density at radius 2 is 2.31 bits per heavy atom. The van der Waals surface area contributed by atoms with Gasteiger partial charge in [0, 0.05) is 22.7 Å². The number of anilines is 1. The second kappa shape index (κ2) is 5.89.